The number of amides is 1. The lowest BCUT2D eigenvalue weighted by molar-refractivity contribution is 0.0810. The van der Waals surface area contributed by atoms with Gasteiger partial charge in [0.2, 0.25) is 0 Å². The number of alkyl carbamates (subject to hydrolysis) is 1. The van der Waals surface area contributed by atoms with Gasteiger partial charge in [-0.2, -0.15) is 0 Å². The van der Waals surface area contributed by atoms with Crippen molar-refractivity contribution in [2.24, 2.45) is 5.92 Å². The van der Waals surface area contributed by atoms with Crippen LogP contribution in [0.3, 0.4) is 0 Å². The van der Waals surface area contributed by atoms with Gasteiger partial charge in [-0.15, -0.1) is 0 Å². The van der Waals surface area contributed by atoms with E-state index in [2.05, 4.69) is 5.32 Å². The van der Waals surface area contributed by atoms with Gasteiger partial charge in [0.05, 0.1) is 23.8 Å². The van der Waals surface area contributed by atoms with Crippen molar-refractivity contribution in [3.8, 4) is 5.75 Å². The molecule has 0 aromatic heterocycles. The minimum atomic E-state index is -3.90. The van der Waals surface area contributed by atoms with Gasteiger partial charge in [0, 0.05) is 24.7 Å². The fraction of sp³-hybridized carbons (Fsp3) is 0.480. The molecule has 0 aliphatic carbocycles. The van der Waals surface area contributed by atoms with Crippen molar-refractivity contribution < 1.29 is 27.8 Å². The Morgan fingerprint density at radius 2 is 1.94 bits per heavy atom. The first-order valence-corrected chi connectivity index (χ1v) is 13.3. The zero-order valence-electron chi connectivity index (χ0n) is 20.4. The normalized spacial score (nSPS) is 16.7. The molecule has 1 fully saturated rings. The summed E-state index contributed by atoms with van der Waals surface area (Å²) in [7, 11) is -3.90. The summed E-state index contributed by atoms with van der Waals surface area (Å²) in [5, 5.41) is 13.6. The van der Waals surface area contributed by atoms with Crippen molar-refractivity contribution in [2.75, 3.05) is 29.8 Å². The van der Waals surface area contributed by atoms with E-state index in [1.165, 1.54) is 28.6 Å². The summed E-state index contributed by atoms with van der Waals surface area (Å²) in [5.74, 6) is -0.0940. The Balaban J connectivity index is 1.68. The third kappa shape index (κ3) is 7.25. The van der Waals surface area contributed by atoms with Crippen molar-refractivity contribution >= 4 is 27.5 Å². The van der Waals surface area contributed by atoms with Crippen LogP contribution in [0.15, 0.2) is 47.4 Å². The van der Waals surface area contributed by atoms with Crippen LogP contribution in [0.5, 0.6) is 5.75 Å². The number of aromatic hydroxyl groups is 1. The second-order valence-corrected chi connectivity index (χ2v) is 11.2. The molecule has 3 rings (SSSR count). The van der Waals surface area contributed by atoms with Crippen LogP contribution in [0, 0.1) is 5.92 Å². The Kier molecular flexibility index (Phi) is 8.85. The lowest BCUT2D eigenvalue weighted by Gasteiger charge is -2.27. The summed E-state index contributed by atoms with van der Waals surface area (Å²) in [6, 6.07) is 10.8. The standard InChI is InChI=1S/C25H35N3O6S/c1-17(2)15-28(35(31,32)22-9-7-20(26)8-10-22)23-11-6-19(14-24(23)29)5-4-18(3)27-25(30)34-21-12-13-33-16-21/h6-11,14,17-18,21,29H,4-5,12-13,15-16,26H2,1-3H3,(H,27,30). The molecule has 0 saturated carbocycles. The topological polar surface area (TPSA) is 131 Å². The van der Waals surface area contributed by atoms with E-state index in [1.807, 2.05) is 20.8 Å². The second-order valence-electron chi connectivity index (χ2n) is 9.30. The zero-order valence-corrected chi connectivity index (χ0v) is 21.3. The number of nitrogen functional groups attached to an aromatic ring is 1. The van der Waals surface area contributed by atoms with Crippen molar-refractivity contribution in [3.05, 3.63) is 48.0 Å². The highest BCUT2D eigenvalue weighted by Crippen LogP contribution is 2.34. The van der Waals surface area contributed by atoms with Gasteiger partial charge in [0.25, 0.3) is 10.0 Å². The highest BCUT2D eigenvalue weighted by molar-refractivity contribution is 7.92. The molecule has 4 N–H and O–H groups in total. The molecule has 2 aromatic rings. The summed E-state index contributed by atoms with van der Waals surface area (Å²) in [6.45, 7) is 6.93. The first kappa shape index (κ1) is 26.6. The van der Waals surface area contributed by atoms with Crippen LogP contribution in [-0.4, -0.2) is 51.5 Å². The molecule has 0 spiro atoms. The molecule has 1 heterocycles. The Bertz CT molecular complexity index is 1100. The van der Waals surface area contributed by atoms with Gasteiger partial charge in [-0.1, -0.05) is 19.9 Å². The number of benzene rings is 2. The van der Waals surface area contributed by atoms with Crippen LogP contribution < -0.4 is 15.4 Å². The molecule has 1 aliphatic rings. The van der Waals surface area contributed by atoms with Gasteiger partial charge < -0.3 is 25.6 Å². The number of phenols is 1. The molecule has 1 aliphatic heterocycles. The van der Waals surface area contributed by atoms with Gasteiger partial charge >= 0.3 is 6.09 Å². The number of aryl methyl sites for hydroxylation is 1. The molecule has 2 unspecified atom stereocenters. The van der Waals surface area contributed by atoms with Crippen molar-refractivity contribution in [2.45, 2.75) is 57.1 Å². The predicted octanol–water partition coefficient (Wildman–Crippen LogP) is 3.66. The molecule has 9 nitrogen and oxygen atoms in total. The number of sulfonamides is 1. The number of nitrogens with zero attached hydrogens (tertiary/aromatic N) is 1. The molecule has 2 atom stereocenters. The van der Waals surface area contributed by atoms with Gasteiger partial charge in [-0.25, -0.2) is 13.2 Å². The van der Waals surface area contributed by atoms with E-state index in [0.29, 0.717) is 38.2 Å². The molecular formula is C25H35N3O6S. The first-order chi connectivity index (χ1) is 16.6. The van der Waals surface area contributed by atoms with Crippen LogP contribution in [0.25, 0.3) is 0 Å². The Labute approximate surface area is 207 Å². The van der Waals surface area contributed by atoms with Gasteiger partial charge in [0.15, 0.2) is 0 Å². The number of hydrogen-bond acceptors (Lipinski definition) is 7. The van der Waals surface area contributed by atoms with E-state index in [-0.39, 0.29) is 40.9 Å². The summed E-state index contributed by atoms with van der Waals surface area (Å²) >= 11 is 0. The SMILES string of the molecule is CC(C)CN(c1ccc(CCC(C)NC(=O)OC2CCOC2)cc1O)S(=O)(=O)c1ccc(N)cc1. The number of nitrogens with two attached hydrogens (primary N) is 1. The number of nitrogens with one attached hydrogen (secondary N) is 1. The molecule has 0 radical (unpaired) electrons. The maximum absolute atomic E-state index is 13.4. The Hall–Kier alpha value is -2.98. The van der Waals surface area contributed by atoms with Crippen LogP contribution in [0.2, 0.25) is 0 Å². The molecular weight excluding hydrogens is 470 g/mol. The summed E-state index contributed by atoms with van der Waals surface area (Å²) in [6.07, 6.45) is 1.23. The molecule has 0 bridgehead atoms. The fourth-order valence-electron chi connectivity index (χ4n) is 3.81. The van der Waals surface area contributed by atoms with E-state index in [4.69, 9.17) is 15.2 Å². The minimum Gasteiger partial charge on any atom is -0.506 e. The van der Waals surface area contributed by atoms with E-state index >= 15 is 0 Å². The van der Waals surface area contributed by atoms with Gasteiger partial charge in [-0.3, -0.25) is 4.31 Å². The Morgan fingerprint density at radius 1 is 1.23 bits per heavy atom. The van der Waals surface area contributed by atoms with Crippen molar-refractivity contribution in [1.29, 1.82) is 0 Å². The number of hydrogen-bond donors (Lipinski definition) is 3. The maximum Gasteiger partial charge on any atom is 0.407 e. The molecule has 35 heavy (non-hydrogen) atoms. The van der Waals surface area contributed by atoms with Crippen LogP contribution in [0.1, 0.15) is 39.2 Å². The third-order valence-corrected chi connectivity index (χ3v) is 7.49. The number of rotatable bonds is 10. The monoisotopic (exact) mass is 505 g/mol. The predicted molar refractivity (Wildman–Crippen MR) is 135 cm³/mol. The third-order valence-electron chi connectivity index (χ3n) is 5.70. The van der Waals surface area contributed by atoms with E-state index in [9.17, 15) is 18.3 Å². The highest BCUT2D eigenvalue weighted by atomic mass is 32.2. The summed E-state index contributed by atoms with van der Waals surface area (Å²) in [5.41, 5.74) is 7.22. The number of phenolic OH excluding ortho intramolecular Hbond substituents is 1. The maximum atomic E-state index is 13.4. The lowest BCUT2D eigenvalue weighted by atomic mass is 10.1. The minimum absolute atomic E-state index is 0.0279. The van der Waals surface area contributed by atoms with Gasteiger partial charge in [-0.05, 0) is 67.6 Å². The molecule has 1 amide bonds. The molecule has 192 valence electrons. The van der Waals surface area contributed by atoms with E-state index < -0.39 is 16.1 Å². The zero-order chi connectivity index (χ0) is 25.6. The number of ether oxygens (including phenoxy) is 2. The van der Waals surface area contributed by atoms with Crippen molar-refractivity contribution in [1.82, 2.24) is 5.32 Å². The molecule has 2 aromatic carbocycles. The van der Waals surface area contributed by atoms with E-state index in [0.717, 1.165) is 5.56 Å². The van der Waals surface area contributed by atoms with Crippen LogP contribution >= 0.6 is 0 Å². The quantitative estimate of drug-likeness (QED) is 0.420. The first-order valence-electron chi connectivity index (χ1n) is 11.8. The highest BCUT2D eigenvalue weighted by Gasteiger charge is 2.28. The van der Waals surface area contributed by atoms with Crippen LogP contribution in [-0.2, 0) is 25.9 Å². The molecule has 10 heteroatoms. The van der Waals surface area contributed by atoms with Crippen molar-refractivity contribution in [3.63, 3.8) is 0 Å². The number of carbonyl (C=O) groups is 1. The number of anilines is 2. The summed E-state index contributed by atoms with van der Waals surface area (Å²) < 4.78 is 38.5. The Morgan fingerprint density at radius 3 is 2.54 bits per heavy atom. The average Bonchev–Trinajstić information content (AvgIpc) is 3.29. The second kappa shape index (κ2) is 11.6. The lowest BCUT2D eigenvalue weighted by Crippen LogP contribution is -2.36. The smallest absolute Gasteiger partial charge is 0.407 e. The average molecular weight is 506 g/mol. The van der Waals surface area contributed by atoms with Crippen LogP contribution in [0.4, 0.5) is 16.2 Å². The number of carbonyl (C=O) groups excluding carboxylic acids is 1. The fourth-order valence-corrected chi connectivity index (χ4v) is 5.45. The largest absolute Gasteiger partial charge is 0.506 e. The van der Waals surface area contributed by atoms with Gasteiger partial charge in [0.1, 0.15) is 11.9 Å². The van der Waals surface area contributed by atoms with E-state index in [1.54, 1.807) is 18.2 Å². The summed E-state index contributed by atoms with van der Waals surface area (Å²) in [4.78, 5) is 12.1. The molecule has 1 saturated heterocycles.